The van der Waals surface area contributed by atoms with E-state index in [1.165, 1.54) is 11.8 Å². The molecule has 0 spiro atoms. The van der Waals surface area contributed by atoms with Crippen LogP contribution in [0.1, 0.15) is 63.7 Å². The average Bonchev–Trinajstić information content (AvgIpc) is 3.24. The zero-order valence-electron chi connectivity index (χ0n) is 25.5. The van der Waals surface area contributed by atoms with Crippen molar-refractivity contribution in [2.24, 2.45) is 0 Å². The average molecular weight is 602 g/mol. The first-order valence-electron chi connectivity index (χ1n) is 14.3. The second-order valence-electron chi connectivity index (χ2n) is 11.5. The molecule has 0 aromatic heterocycles. The fourth-order valence-electron chi connectivity index (χ4n) is 5.91. The summed E-state index contributed by atoms with van der Waals surface area (Å²) < 4.78 is 52.1. The van der Waals surface area contributed by atoms with Crippen molar-refractivity contribution in [1.82, 2.24) is 4.90 Å². The third-order valence-electron chi connectivity index (χ3n) is 8.16. The van der Waals surface area contributed by atoms with Crippen LogP contribution >= 0.6 is 0 Å². The van der Waals surface area contributed by atoms with Crippen molar-refractivity contribution >= 4 is 11.9 Å². The minimum absolute atomic E-state index is 0.00293. The third kappa shape index (κ3) is 6.07. The van der Waals surface area contributed by atoms with Crippen molar-refractivity contribution in [2.45, 2.75) is 59.5 Å². The van der Waals surface area contributed by atoms with Gasteiger partial charge in [0.2, 0.25) is 0 Å². The smallest absolute Gasteiger partial charge is 0.416 e. The number of hydrogen-bond acceptors (Lipinski definition) is 4. The van der Waals surface area contributed by atoms with Crippen LogP contribution in [0.15, 0.2) is 72.8 Å². The molecule has 4 aromatic rings. The quantitative estimate of drug-likeness (QED) is 0.198. The van der Waals surface area contributed by atoms with Crippen molar-refractivity contribution in [3.63, 3.8) is 0 Å². The number of benzene rings is 4. The molecule has 0 aliphatic carbocycles. The zero-order chi connectivity index (χ0) is 31.9. The Bertz CT molecular complexity index is 1760. The van der Waals surface area contributed by atoms with E-state index in [0.717, 1.165) is 51.1 Å². The number of carbonyl (C=O) groups excluding carboxylic acids is 2. The van der Waals surface area contributed by atoms with Crippen molar-refractivity contribution < 1.29 is 32.2 Å². The van der Waals surface area contributed by atoms with E-state index < -0.39 is 30.0 Å². The van der Waals surface area contributed by atoms with E-state index >= 15 is 0 Å². The van der Waals surface area contributed by atoms with E-state index in [2.05, 4.69) is 0 Å². The number of ketones is 1. The van der Waals surface area contributed by atoms with Crippen LogP contribution in [0.5, 0.6) is 5.75 Å². The molecule has 0 saturated carbocycles. The fraction of sp³-hybridized carbons (Fsp3) is 0.278. The van der Waals surface area contributed by atoms with Gasteiger partial charge in [-0.05, 0) is 92.8 Å². The zero-order valence-corrected chi connectivity index (χ0v) is 25.5. The number of nitrogens with zero attached hydrogens (tertiary/aromatic N) is 1. The molecular formula is C36H34F3NO4. The number of carbonyl (C=O) groups is 2. The highest BCUT2D eigenvalue weighted by Crippen LogP contribution is 2.43. The van der Waals surface area contributed by atoms with E-state index in [1.807, 2.05) is 75.4 Å². The Balaban J connectivity index is 1.54. The highest BCUT2D eigenvalue weighted by molar-refractivity contribution is 5.95. The maximum absolute atomic E-state index is 13.5. The highest BCUT2D eigenvalue weighted by atomic mass is 19.4. The lowest BCUT2D eigenvalue weighted by molar-refractivity contribution is -0.137. The number of hydrogen-bond donors (Lipinski definition) is 0. The minimum atomic E-state index is -4.49. The van der Waals surface area contributed by atoms with E-state index in [4.69, 9.17) is 9.47 Å². The molecule has 5 rings (SSSR count). The monoisotopic (exact) mass is 601 g/mol. The molecule has 8 heteroatoms. The topological polar surface area (TPSA) is 55.8 Å². The van der Waals surface area contributed by atoms with Crippen LogP contribution in [0.2, 0.25) is 0 Å². The molecule has 2 atom stereocenters. The molecule has 0 N–H and O–H groups in total. The first-order valence-corrected chi connectivity index (χ1v) is 14.3. The van der Waals surface area contributed by atoms with Crippen LogP contribution in [0, 0.1) is 20.8 Å². The summed E-state index contributed by atoms with van der Waals surface area (Å²) in [4.78, 5) is 26.6. The number of ether oxygens (including phenoxy) is 2. The molecule has 1 amide bonds. The van der Waals surface area contributed by atoms with Gasteiger partial charge >= 0.3 is 12.3 Å². The number of amides is 1. The van der Waals surface area contributed by atoms with Gasteiger partial charge in [-0.15, -0.1) is 0 Å². The van der Waals surface area contributed by atoms with Crippen LogP contribution < -0.4 is 4.74 Å². The number of rotatable bonds is 7. The minimum Gasteiger partial charge on any atom is -0.496 e. The van der Waals surface area contributed by atoms with Gasteiger partial charge in [0.15, 0.2) is 5.78 Å². The maximum Gasteiger partial charge on any atom is 0.416 e. The van der Waals surface area contributed by atoms with Crippen molar-refractivity contribution in [1.29, 1.82) is 0 Å². The molecule has 0 bridgehead atoms. The molecular weight excluding hydrogens is 567 g/mol. The van der Waals surface area contributed by atoms with Gasteiger partial charge in [0.25, 0.3) is 0 Å². The number of cyclic esters (lactones) is 1. The number of halogens is 3. The Morgan fingerprint density at radius 3 is 2.27 bits per heavy atom. The lowest BCUT2D eigenvalue weighted by Crippen LogP contribution is -2.31. The molecule has 1 fully saturated rings. The van der Waals surface area contributed by atoms with E-state index in [-0.39, 0.29) is 12.3 Å². The third-order valence-corrected chi connectivity index (χ3v) is 8.16. The number of Topliss-reactive ketones (excluding diaryl/α,β-unsaturated/α-hetero) is 1. The molecule has 1 aliphatic rings. The Kier molecular flexibility index (Phi) is 8.30. The van der Waals surface area contributed by atoms with Gasteiger partial charge in [-0.3, -0.25) is 9.69 Å². The Hall–Kier alpha value is -4.59. The summed E-state index contributed by atoms with van der Waals surface area (Å²) in [7, 11) is 1.59. The van der Waals surface area contributed by atoms with E-state index in [0.29, 0.717) is 22.4 Å². The van der Waals surface area contributed by atoms with Gasteiger partial charge < -0.3 is 9.47 Å². The van der Waals surface area contributed by atoms with Gasteiger partial charge in [-0.25, -0.2) is 4.79 Å². The first kappa shape index (κ1) is 30.9. The lowest BCUT2D eigenvalue weighted by Gasteiger charge is -2.24. The lowest BCUT2D eigenvalue weighted by atomic mass is 9.89. The highest BCUT2D eigenvalue weighted by Gasteiger charge is 2.41. The summed E-state index contributed by atoms with van der Waals surface area (Å²) in [6.07, 6.45) is -5.75. The Labute approximate surface area is 255 Å². The van der Waals surface area contributed by atoms with E-state index in [1.54, 1.807) is 20.1 Å². The first-order chi connectivity index (χ1) is 20.8. The molecule has 5 nitrogen and oxygen atoms in total. The molecule has 44 heavy (non-hydrogen) atoms. The normalized spacial score (nSPS) is 16.7. The largest absolute Gasteiger partial charge is 0.496 e. The second kappa shape index (κ2) is 11.8. The van der Waals surface area contributed by atoms with Gasteiger partial charge in [0.1, 0.15) is 11.9 Å². The molecule has 1 unspecified atom stereocenters. The van der Waals surface area contributed by atoms with Crippen molar-refractivity contribution in [3.8, 4) is 28.0 Å². The number of alkyl halides is 3. The molecule has 228 valence electrons. The van der Waals surface area contributed by atoms with Crippen molar-refractivity contribution in [2.75, 3.05) is 7.11 Å². The summed E-state index contributed by atoms with van der Waals surface area (Å²) >= 11 is 0. The van der Waals surface area contributed by atoms with Crippen LogP contribution in [0.3, 0.4) is 0 Å². The van der Waals surface area contributed by atoms with E-state index in [9.17, 15) is 22.8 Å². The molecule has 1 saturated heterocycles. The SMILES string of the molecule is COc1ccc(-c2ccc(C(C)=O)cc2C)cc1-c1ccc(C)cc1C1OC(=O)N(Cc2cc(C)cc(C(F)(F)F)c2)[C@@H]1C. The van der Waals surface area contributed by atoms with Gasteiger partial charge in [0, 0.05) is 23.2 Å². The van der Waals surface area contributed by atoms with Crippen LogP contribution in [0.25, 0.3) is 22.3 Å². The molecule has 0 radical (unpaired) electrons. The molecule has 1 aliphatic heterocycles. The standard InChI is InChI=1S/C36H34F3NO4/c1-20-7-10-30(31-18-27(9-12-33(31)43-6)29-11-8-26(24(5)41)16-22(29)3)32(15-20)34-23(4)40(35(42)44-34)19-25-13-21(2)14-28(17-25)36(37,38)39/h7-18,23,34H,19H2,1-6H3/t23-,34?/m1/s1. The fourth-order valence-corrected chi connectivity index (χ4v) is 5.91. The summed E-state index contributed by atoms with van der Waals surface area (Å²) in [6.45, 7) is 8.88. The number of aryl methyl sites for hydroxylation is 3. The Morgan fingerprint density at radius 2 is 1.61 bits per heavy atom. The van der Waals surface area contributed by atoms with Crippen LogP contribution in [-0.2, 0) is 17.5 Å². The maximum atomic E-state index is 13.5. The summed E-state index contributed by atoms with van der Waals surface area (Å²) in [6, 6.07) is 20.8. The summed E-state index contributed by atoms with van der Waals surface area (Å²) in [5.41, 5.74) is 6.94. The second-order valence-corrected chi connectivity index (χ2v) is 11.5. The van der Waals surface area contributed by atoms with Gasteiger partial charge in [0.05, 0.1) is 18.7 Å². The van der Waals surface area contributed by atoms with Gasteiger partial charge in [-0.2, -0.15) is 13.2 Å². The van der Waals surface area contributed by atoms with Crippen molar-refractivity contribution in [3.05, 3.63) is 112 Å². The van der Waals surface area contributed by atoms with Crippen LogP contribution in [-0.4, -0.2) is 29.9 Å². The summed E-state index contributed by atoms with van der Waals surface area (Å²) in [5.74, 6) is 0.627. The number of methoxy groups -OCH3 is 1. The van der Waals surface area contributed by atoms with Crippen LogP contribution in [0.4, 0.5) is 18.0 Å². The molecule has 1 heterocycles. The predicted octanol–water partition coefficient (Wildman–Crippen LogP) is 9.26. The Morgan fingerprint density at radius 1 is 0.886 bits per heavy atom. The van der Waals surface area contributed by atoms with Gasteiger partial charge in [-0.1, -0.05) is 53.6 Å². The summed E-state index contributed by atoms with van der Waals surface area (Å²) in [5, 5.41) is 0. The predicted molar refractivity (Wildman–Crippen MR) is 164 cm³/mol. The molecule has 4 aromatic carbocycles.